The number of pyridine rings is 1. The van der Waals surface area contributed by atoms with Gasteiger partial charge in [0, 0.05) is 16.5 Å². The minimum atomic E-state index is -3.35. The highest BCUT2D eigenvalue weighted by Gasteiger charge is 2.62. The van der Waals surface area contributed by atoms with Crippen molar-refractivity contribution in [2.45, 2.75) is 44.4 Å². The lowest BCUT2D eigenvalue weighted by atomic mass is 9.87. The number of esters is 1. The topological polar surface area (TPSA) is 96.7 Å². The summed E-state index contributed by atoms with van der Waals surface area (Å²) in [6.45, 7) is 6.75. The number of aliphatic hydroxyl groups is 1. The van der Waals surface area contributed by atoms with Crippen molar-refractivity contribution in [3.63, 3.8) is 0 Å². The van der Waals surface area contributed by atoms with Gasteiger partial charge in [-0.15, -0.1) is 6.42 Å². The third-order valence-corrected chi connectivity index (χ3v) is 6.83. The molecule has 180 valence electrons. The van der Waals surface area contributed by atoms with Gasteiger partial charge < -0.3 is 9.84 Å². The Hall–Kier alpha value is -3.43. The van der Waals surface area contributed by atoms with E-state index in [1.807, 2.05) is 57.0 Å². The number of nitrogens with zero attached hydrogens (tertiary/aromatic N) is 1. The van der Waals surface area contributed by atoms with Crippen molar-refractivity contribution in [2.75, 3.05) is 0 Å². The SMILES string of the molecule is C#CC(C(=O)Oc1c(-c2ccc(F)cc2)cc(-c2ccccc2)nc1C(C)(C)C)(C(C)O)[P+](=O)O. The predicted octanol–water partition coefficient (Wildman–Crippen LogP) is 5.25. The molecule has 0 saturated carbocycles. The van der Waals surface area contributed by atoms with Crippen molar-refractivity contribution in [3.8, 4) is 40.5 Å². The van der Waals surface area contributed by atoms with Crippen LogP contribution in [0.3, 0.4) is 0 Å². The Morgan fingerprint density at radius 2 is 1.71 bits per heavy atom. The van der Waals surface area contributed by atoms with Gasteiger partial charge in [0.1, 0.15) is 11.9 Å². The maximum absolute atomic E-state index is 13.7. The number of benzene rings is 2. The quantitative estimate of drug-likeness (QED) is 0.276. The minimum Gasteiger partial charge on any atom is -0.419 e. The lowest BCUT2D eigenvalue weighted by molar-refractivity contribution is -0.138. The van der Waals surface area contributed by atoms with Gasteiger partial charge in [-0.05, 0) is 41.2 Å². The molecular weight excluding hydrogens is 468 g/mol. The number of ether oxygens (including phenoxy) is 1. The fourth-order valence-corrected chi connectivity index (χ4v) is 4.19. The third kappa shape index (κ3) is 5.16. The lowest BCUT2D eigenvalue weighted by Gasteiger charge is -2.26. The summed E-state index contributed by atoms with van der Waals surface area (Å²) in [6.07, 6.45) is 3.77. The molecule has 3 aromatic rings. The fourth-order valence-electron chi connectivity index (χ4n) is 3.56. The number of terminal acetylenes is 1. The van der Waals surface area contributed by atoms with Gasteiger partial charge in [0.15, 0.2) is 5.75 Å². The van der Waals surface area contributed by atoms with Crippen LogP contribution < -0.4 is 4.74 Å². The third-order valence-electron chi connectivity index (χ3n) is 5.54. The molecule has 1 heterocycles. The molecule has 0 saturated heterocycles. The Morgan fingerprint density at radius 3 is 2.20 bits per heavy atom. The second-order valence-electron chi connectivity index (χ2n) is 9.10. The molecule has 3 atom stereocenters. The van der Waals surface area contributed by atoms with Crippen LogP contribution in [0.4, 0.5) is 4.39 Å². The summed E-state index contributed by atoms with van der Waals surface area (Å²) >= 11 is 0. The molecule has 0 amide bonds. The van der Waals surface area contributed by atoms with Gasteiger partial charge in [-0.1, -0.05) is 63.2 Å². The highest BCUT2D eigenvalue weighted by Crippen LogP contribution is 2.44. The molecule has 6 nitrogen and oxygen atoms in total. The Balaban J connectivity index is 2.33. The average Bonchev–Trinajstić information content (AvgIpc) is 2.80. The molecule has 2 N–H and O–H groups in total. The lowest BCUT2D eigenvalue weighted by Crippen LogP contribution is -2.46. The van der Waals surface area contributed by atoms with Gasteiger partial charge in [0.05, 0.1) is 11.4 Å². The van der Waals surface area contributed by atoms with Crippen LogP contribution in [0.15, 0.2) is 60.7 Å². The van der Waals surface area contributed by atoms with Crippen LogP contribution in [0.25, 0.3) is 22.4 Å². The van der Waals surface area contributed by atoms with Crippen molar-refractivity contribution in [3.05, 3.63) is 72.2 Å². The molecule has 35 heavy (non-hydrogen) atoms. The highest BCUT2D eigenvalue weighted by molar-refractivity contribution is 7.42. The smallest absolute Gasteiger partial charge is 0.419 e. The second kappa shape index (κ2) is 10.1. The van der Waals surface area contributed by atoms with E-state index < -0.39 is 36.5 Å². The van der Waals surface area contributed by atoms with Gasteiger partial charge >= 0.3 is 19.2 Å². The standard InChI is InChI=1S/C27H25FNO5P/c1-6-27(17(2)30,35(32)33)25(31)34-23-21(18-12-14-20(28)15-13-18)16-22(19-10-8-7-9-11-19)29-24(23)26(3,4)5/h1,7-17,30H,2-5H3/p+1. The summed E-state index contributed by atoms with van der Waals surface area (Å²) < 4.78 is 31.5. The summed E-state index contributed by atoms with van der Waals surface area (Å²) in [5.41, 5.74) is 2.04. The highest BCUT2D eigenvalue weighted by atomic mass is 31.1. The largest absolute Gasteiger partial charge is 0.540 e. The van der Waals surface area contributed by atoms with E-state index in [4.69, 9.17) is 16.1 Å². The number of rotatable bonds is 6. The Kier molecular flexibility index (Phi) is 7.52. The van der Waals surface area contributed by atoms with E-state index in [0.717, 1.165) is 12.5 Å². The number of carbonyl (C=O) groups is 1. The van der Waals surface area contributed by atoms with E-state index in [1.165, 1.54) is 24.3 Å². The summed E-state index contributed by atoms with van der Waals surface area (Å²) in [6, 6.07) is 16.6. The molecule has 1 aromatic heterocycles. The van der Waals surface area contributed by atoms with Gasteiger partial charge in [-0.3, -0.25) is 0 Å². The average molecular weight is 494 g/mol. The van der Waals surface area contributed by atoms with Crippen LogP contribution in [0.1, 0.15) is 33.4 Å². The zero-order valence-electron chi connectivity index (χ0n) is 19.8. The van der Waals surface area contributed by atoms with Crippen molar-refractivity contribution >= 4 is 14.0 Å². The van der Waals surface area contributed by atoms with Gasteiger partial charge in [-0.2, -0.15) is 4.89 Å². The molecule has 0 fully saturated rings. The number of carbonyl (C=O) groups excluding carboxylic acids is 1. The number of aromatic nitrogens is 1. The van der Waals surface area contributed by atoms with Crippen molar-refractivity contribution < 1.29 is 28.5 Å². The van der Waals surface area contributed by atoms with E-state index in [9.17, 15) is 23.7 Å². The summed E-state index contributed by atoms with van der Waals surface area (Å²) in [4.78, 5) is 27.9. The summed E-state index contributed by atoms with van der Waals surface area (Å²) in [5.74, 6) is 0.266. The number of aliphatic hydroxyl groups excluding tert-OH is 1. The molecule has 0 aliphatic rings. The van der Waals surface area contributed by atoms with Crippen LogP contribution in [0.5, 0.6) is 5.75 Å². The van der Waals surface area contributed by atoms with Crippen LogP contribution in [0.2, 0.25) is 0 Å². The predicted molar refractivity (Wildman–Crippen MR) is 132 cm³/mol. The molecule has 0 aliphatic carbocycles. The molecule has 2 aromatic carbocycles. The van der Waals surface area contributed by atoms with E-state index in [0.29, 0.717) is 22.5 Å². The molecule has 3 unspecified atom stereocenters. The Labute approximate surface area is 204 Å². The van der Waals surface area contributed by atoms with Crippen molar-refractivity contribution in [1.29, 1.82) is 0 Å². The molecule has 0 radical (unpaired) electrons. The first-order valence-electron chi connectivity index (χ1n) is 10.8. The zero-order chi connectivity index (χ0) is 26.0. The Morgan fingerprint density at radius 1 is 1.11 bits per heavy atom. The number of hydrogen-bond acceptors (Lipinski definition) is 5. The number of halogens is 1. The van der Waals surface area contributed by atoms with E-state index in [-0.39, 0.29) is 5.75 Å². The Bertz CT molecular complexity index is 1290. The first-order chi connectivity index (χ1) is 16.4. The van der Waals surface area contributed by atoms with Crippen molar-refractivity contribution in [2.24, 2.45) is 0 Å². The maximum Gasteiger partial charge on any atom is 0.540 e. The first-order valence-corrected chi connectivity index (χ1v) is 12.0. The van der Waals surface area contributed by atoms with Crippen LogP contribution in [-0.4, -0.2) is 32.2 Å². The molecular formula is C27H26FNO5P+. The molecule has 0 spiro atoms. The second-order valence-corrected chi connectivity index (χ2v) is 10.4. The van der Waals surface area contributed by atoms with Crippen LogP contribution in [0, 0.1) is 18.2 Å². The molecule has 8 heteroatoms. The summed E-state index contributed by atoms with van der Waals surface area (Å²) in [5, 5.41) is 7.69. The molecule has 0 aliphatic heterocycles. The number of hydrogen-bond donors (Lipinski definition) is 2. The minimum absolute atomic E-state index is 0.00548. The van der Waals surface area contributed by atoms with Crippen molar-refractivity contribution in [1.82, 2.24) is 4.98 Å². The van der Waals surface area contributed by atoms with Gasteiger partial charge in [0.25, 0.3) is 0 Å². The van der Waals surface area contributed by atoms with Gasteiger partial charge in [0.2, 0.25) is 0 Å². The summed E-state index contributed by atoms with van der Waals surface area (Å²) in [7, 11) is -3.35. The van der Waals surface area contributed by atoms with Crippen LogP contribution >= 0.6 is 8.03 Å². The monoisotopic (exact) mass is 494 g/mol. The normalized spacial score (nSPS) is 14.4. The molecule has 3 rings (SSSR count). The van der Waals surface area contributed by atoms with E-state index in [1.54, 1.807) is 6.07 Å². The van der Waals surface area contributed by atoms with Gasteiger partial charge in [-0.25, -0.2) is 14.2 Å². The maximum atomic E-state index is 13.7. The van der Waals surface area contributed by atoms with E-state index in [2.05, 4.69) is 0 Å². The molecule has 0 bridgehead atoms. The first kappa shape index (κ1) is 26.2. The van der Waals surface area contributed by atoms with Crippen LogP contribution in [-0.2, 0) is 14.8 Å². The zero-order valence-corrected chi connectivity index (χ0v) is 20.7. The fraction of sp³-hybridized carbons (Fsp3) is 0.259. The van der Waals surface area contributed by atoms with E-state index >= 15 is 0 Å².